The first-order valence-corrected chi connectivity index (χ1v) is 38.0. The standard InChI is InChI=1S/C74H111F11N12O12/c1-14-42(3)59-67(107)91(9)38-57(100)92(10)50-22-16-15-19-29-96(66(50)106)53(33-43-23-26-46(27-24-43)73(80,81)82)65(105)90(8)37-55(98)86-49(28-25-44-31-47(75)58(48(76)32-44)74(83,84)85)63(103)97-36-41(2)30-51(97)62(102)88-71(39-70(4,5)40-71)69(109)95(13)60(45-20-17-18-21-45)68(108)94(12)52(64(104)89(6)7)34-56(99)93(11)54(61(101)87-59)35-72(77,78)79/h15-16,41-54,58-60H,14,17-40H2,1-13H3,(H,86,98)(H,87,101)(H,88,102)/b16-15-/t41-,42-,43?,44?,46?,47?,48?,49-,50-,51-,52-,53-,54-,58?,59-,60-/m0/s1. The molecular weight excluding hydrogens is 1460 g/mol. The van der Waals surface area contributed by atoms with Crippen molar-refractivity contribution in [2.75, 3.05) is 82.6 Å². The smallest absolute Gasteiger partial charge is 0.347 e. The van der Waals surface area contributed by atoms with Crippen molar-refractivity contribution in [3.8, 4) is 0 Å². The van der Waals surface area contributed by atoms with Crippen molar-refractivity contribution in [3.05, 3.63) is 12.2 Å². The molecule has 616 valence electrons. The molecular formula is C74H111F11N12O12. The average Bonchev–Trinajstić information content (AvgIpc) is 1.54. The lowest BCUT2D eigenvalue weighted by molar-refractivity contribution is -0.219. The maximum Gasteiger partial charge on any atom is 0.397 e. The van der Waals surface area contributed by atoms with Gasteiger partial charge in [-0.2, -0.15) is 39.5 Å². The fourth-order valence-electron chi connectivity index (χ4n) is 17.6. The Bertz CT molecular complexity index is 3330. The Balaban J connectivity index is 1.33. The molecule has 2 bridgehead atoms. The molecule has 12 amide bonds. The first-order chi connectivity index (χ1) is 50.5. The van der Waals surface area contributed by atoms with E-state index >= 15 is 37.5 Å². The van der Waals surface area contributed by atoms with Gasteiger partial charge in [0.15, 0.2) is 0 Å². The normalized spacial score (nSPS) is 32.4. The summed E-state index contributed by atoms with van der Waals surface area (Å²) < 4.78 is 159. The van der Waals surface area contributed by atoms with Crippen LogP contribution in [0.2, 0.25) is 0 Å². The average molecular weight is 1570 g/mol. The lowest BCUT2D eigenvalue weighted by atomic mass is 9.58. The van der Waals surface area contributed by atoms with Crippen molar-refractivity contribution in [3.63, 3.8) is 0 Å². The lowest BCUT2D eigenvalue weighted by Crippen LogP contribution is -2.71. The van der Waals surface area contributed by atoms with Crippen LogP contribution in [0.5, 0.6) is 0 Å². The van der Waals surface area contributed by atoms with Crippen molar-refractivity contribution in [1.29, 1.82) is 0 Å². The van der Waals surface area contributed by atoms with Crippen LogP contribution in [-0.4, -0.2) is 282 Å². The van der Waals surface area contributed by atoms with E-state index < -0.39 is 248 Å². The summed E-state index contributed by atoms with van der Waals surface area (Å²) in [6, 6.07) is -13.5. The lowest BCUT2D eigenvalue weighted by Gasteiger charge is -2.54. The van der Waals surface area contributed by atoms with Gasteiger partial charge in [-0.15, -0.1) is 0 Å². The number of carbonyl (C=O) groups is 12. The van der Waals surface area contributed by atoms with Crippen molar-refractivity contribution in [2.24, 2.45) is 46.8 Å². The van der Waals surface area contributed by atoms with Gasteiger partial charge in [-0.1, -0.05) is 66.0 Å². The molecule has 7 aliphatic rings. The molecule has 109 heavy (non-hydrogen) atoms. The summed E-state index contributed by atoms with van der Waals surface area (Å²) in [6.45, 7) is 6.26. The van der Waals surface area contributed by atoms with Crippen LogP contribution in [0.25, 0.3) is 0 Å². The zero-order chi connectivity index (χ0) is 81.7. The fourth-order valence-corrected chi connectivity index (χ4v) is 17.6. The third-order valence-electron chi connectivity index (χ3n) is 23.8. The van der Waals surface area contributed by atoms with E-state index in [1.807, 2.05) is 13.8 Å². The van der Waals surface area contributed by atoms with Crippen LogP contribution in [0.15, 0.2) is 12.2 Å². The van der Waals surface area contributed by atoms with Crippen LogP contribution in [0.3, 0.4) is 0 Å². The highest BCUT2D eigenvalue weighted by atomic mass is 19.4. The second-order valence-corrected chi connectivity index (χ2v) is 33.0. The Morgan fingerprint density at radius 2 is 1.23 bits per heavy atom. The molecule has 35 heteroatoms. The van der Waals surface area contributed by atoms with Gasteiger partial charge in [0.1, 0.15) is 72.1 Å². The summed E-state index contributed by atoms with van der Waals surface area (Å²) in [5, 5.41) is 7.90. The highest BCUT2D eigenvalue weighted by Gasteiger charge is 2.60. The number of hydrogen-bond acceptors (Lipinski definition) is 12. The molecule has 3 aliphatic heterocycles. The van der Waals surface area contributed by atoms with Gasteiger partial charge in [0.2, 0.25) is 70.9 Å². The van der Waals surface area contributed by atoms with Gasteiger partial charge in [-0.3, -0.25) is 57.5 Å². The monoisotopic (exact) mass is 1570 g/mol. The number of likely N-dealkylation sites (N-methyl/N-ethyl adjacent to an activating group) is 7. The molecule has 4 saturated carbocycles. The maximum atomic E-state index is 15.6. The molecule has 12 atom stereocenters. The number of carbonyl (C=O) groups excluding carboxylic acids is 12. The molecule has 0 aromatic rings. The predicted molar refractivity (Wildman–Crippen MR) is 375 cm³/mol. The topological polar surface area (TPSA) is 270 Å². The molecule has 7 rings (SSSR count). The van der Waals surface area contributed by atoms with Gasteiger partial charge in [0, 0.05) is 69.5 Å². The van der Waals surface area contributed by atoms with E-state index in [2.05, 4.69) is 16.0 Å². The third kappa shape index (κ3) is 21.6. The SMILES string of the molecule is CC[C@H](C)[C@@H]1NC(=O)[C@H](CC(F)(F)F)N(C)C(=O)C[C@@H](C(=O)N(C)C)N(C)C(=O)[C@H](C2CCCC2)N(C)C(=O)C2(CC(C)(C)C2)NC(=O)[C@@H]2C[C@H](C)CN2C(=O)[C@H](CCC2CC(F)C(C(F)(F)F)C(F)C2)NC(=O)CN(C)C(=O)[C@H](CC2CCC(C(F)(F)F)CC2)N2CC/C=C\C[C@@H](C2=O)N(C)C(=O)CN(C)C1=O. The van der Waals surface area contributed by atoms with Crippen molar-refractivity contribution < 1.29 is 106 Å². The zero-order valence-electron chi connectivity index (χ0n) is 64.7. The number of hydrogen-bond donors (Lipinski definition) is 3. The number of fused-ring (bicyclic) bond motifs is 3. The number of amides is 12. The largest absolute Gasteiger partial charge is 0.397 e. The van der Waals surface area contributed by atoms with Crippen LogP contribution in [-0.2, 0) is 57.5 Å². The molecule has 24 nitrogen and oxygen atoms in total. The van der Waals surface area contributed by atoms with Crippen LogP contribution < -0.4 is 16.0 Å². The number of rotatable bonds is 10. The van der Waals surface area contributed by atoms with Crippen LogP contribution in [0.4, 0.5) is 48.3 Å². The van der Waals surface area contributed by atoms with Gasteiger partial charge in [-0.05, 0) is 138 Å². The number of nitrogens with zero attached hydrogens (tertiary/aromatic N) is 9. The van der Waals surface area contributed by atoms with Crippen LogP contribution >= 0.6 is 0 Å². The number of nitrogens with one attached hydrogen (secondary N) is 3. The zero-order valence-corrected chi connectivity index (χ0v) is 64.7. The second kappa shape index (κ2) is 36.0. The Morgan fingerprint density at radius 1 is 0.633 bits per heavy atom. The molecule has 3 N–H and O–H groups in total. The van der Waals surface area contributed by atoms with E-state index in [9.17, 15) is 68.3 Å². The van der Waals surface area contributed by atoms with E-state index in [0.717, 1.165) is 53.3 Å². The second-order valence-electron chi connectivity index (χ2n) is 33.0. The third-order valence-corrected chi connectivity index (χ3v) is 23.8. The summed E-state index contributed by atoms with van der Waals surface area (Å²) in [5.41, 5.74) is -2.47. The summed E-state index contributed by atoms with van der Waals surface area (Å²) in [6.07, 6.45) is -21.7. The Kier molecular flexibility index (Phi) is 29.3. The van der Waals surface area contributed by atoms with Crippen molar-refractivity contribution in [2.45, 2.75) is 254 Å². The summed E-state index contributed by atoms with van der Waals surface area (Å²) >= 11 is 0. The Morgan fingerprint density at radius 3 is 1.78 bits per heavy atom. The van der Waals surface area contributed by atoms with Crippen LogP contribution in [0.1, 0.15) is 169 Å². The van der Waals surface area contributed by atoms with Gasteiger partial charge in [-0.25, -0.2) is 8.78 Å². The highest BCUT2D eigenvalue weighted by Crippen LogP contribution is 2.50. The first-order valence-electron chi connectivity index (χ1n) is 38.0. The summed E-state index contributed by atoms with van der Waals surface area (Å²) in [5.74, 6) is -20.1. The van der Waals surface area contributed by atoms with Gasteiger partial charge < -0.3 is 60.0 Å². The molecule has 0 aromatic carbocycles. The fraction of sp³-hybridized carbons (Fsp3) is 0.811. The van der Waals surface area contributed by atoms with Gasteiger partial charge in [0.05, 0.1) is 31.8 Å². The molecule has 4 aliphatic carbocycles. The predicted octanol–water partition coefficient (Wildman–Crippen LogP) is 7.12. The quantitative estimate of drug-likeness (QED) is 0.146. The van der Waals surface area contributed by atoms with Gasteiger partial charge >= 0.3 is 18.5 Å². The minimum Gasteiger partial charge on any atom is -0.347 e. The van der Waals surface area contributed by atoms with E-state index in [-0.39, 0.29) is 90.1 Å². The molecule has 6 fully saturated rings. The summed E-state index contributed by atoms with van der Waals surface area (Å²) in [4.78, 5) is 189. The number of alkyl halides is 11. The molecule has 1 spiro atoms. The summed E-state index contributed by atoms with van der Waals surface area (Å²) in [7, 11) is 9.51. The first kappa shape index (κ1) is 88.8. The Labute approximate surface area is 630 Å². The van der Waals surface area contributed by atoms with E-state index in [0.29, 0.717) is 30.6 Å². The molecule has 0 radical (unpaired) electrons. The minimum absolute atomic E-state index is 0.0439. The Hall–Kier alpha value is -7.39. The number of halogens is 11. The van der Waals surface area contributed by atoms with E-state index in [1.54, 1.807) is 26.0 Å². The van der Waals surface area contributed by atoms with E-state index in [1.165, 1.54) is 49.2 Å². The van der Waals surface area contributed by atoms with Gasteiger partial charge in [0.25, 0.3) is 0 Å². The van der Waals surface area contributed by atoms with E-state index in [4.69, 9.17) is 0 Å². The maximum absolute atomic E-state index is 15.6. The highest BCUT2D eigenvalue weighted by molar-refractivity contribution is 6.01. The molecule has 2 unspecified atom stereocenters. The molecule has 3 heterocycles. The van der Waals surface area contributed by atoms with Crippen molar-refractivity contribution in [1.82, 2.24) is 60.0 Å². The minimum atomic E-state index is -5.23. The molecule has 2 saturated heterocycles. The van der Waals surface area contributed by atoms with Crippen molar-refractivity contribution >= 4 is 70.9 Å². The molecule has 0 aromatic heterocycles. The van der Waals surface area contributed by atoms with Crippen LogP contribution in [0, 0.1) is 46.8 Å².